The van der Waals surface area contributed by atoms with Crippen molar-refractivity contribution in [2.45, 2.75) is 13.5 Å². The monoisotopic (exact) mass is 166 g/mol. The van der Waals surface area contributed by atoms with Gasteiger partial charge in [-0.3, -0.25) is 11.3 Å². The number of nitrogens with one attached hydrogen (secondary N) is 1. The number of methoxy groups -OCH3 is 1. The van der Waals surface area contributed by atoms with Gasteiger partial charge in [0, 0.05) is 6.54 Å². The number of ether oxygens (including phenoxy) is 1. The van der Waals surface area contributed by atoms with E-state index in [2.05, 4.69) is 5.43 Å². The number of benzene rings is 1. The van der Waals surface area contributed by atoms with Crippen LogP contribution in [-0.4, -0.2) is 7.11 Å². The van der Waals surface area contributed by atoms with Gasteiger partial charge in [0.05, 0.1) is 7.11 Å². The summed E-state index contributed by atoms with van der Waals surface area (Å²) in [6, 6.07) is 5.93. The third-order valence-corrected chi connectivity index (χ3v) is 1.84. The van der Waals surface area contributed by atoms with Crippen molar-refractivity contribution in [3.8, 4) is 5.75 Å². The number of hydrogen-bond acceptors (Lipinski definition) is 3. The topological polar surface area (TPSA) is 47.3 Å². The predicted octanol–water partition coefficient (Wildman–Crippen LogP) is 0.967. The minimum atomic E-state index is 0.690. The van der Waals surface area contributed by atoms with Gasteiger partial charge >= 0.3 is 0 Å². The lowest BCUT2D eigenvalue weighted by molar-refractivity contribution is 0.414. The van der Waals surface area contributed by atoms with Gasteiger partial charge in [0.1, 0.15) is 5.75 Å². The van der Waals surface area contributed by atoms with Gasteiger partial charge < -0.3 is 4.74 Å². The Bertz CT molecular complexity index is 261. The lowest BCUT2D eigenvalue weighted by Crippen LogP contribution is -2.21. The first-order chi connectivity index (χ1) is 5.77. The van der Waals surface area contributed by atoms with Crippen molar-refractivity contribution in [3.63, 3.8) is 0 Å². The van der Waals surface area contributed by atoms with E-state index in [4.69, 9.17) is 10.6 Å². The summed E-state index contributed by atoms with van der Waals surface area (Å²) in [6.45, 7) is 2.73. The quantitative estimate of drug-likeness (QED) is 0.519. The molecule has 0 aliphatic heterocycles. The second-order valence-electron chi connectivity index (χ2n) is 2.67. The first kappa shape index (κ1) is 9.03. The Morgan fingerprint density at radius 3 is 2.75 bits per heavy atom. The number of rotatable bonds is 3. The molecule has 0 saturated carbocycles. The van der Waals surface area contributed by atoms with Crippen LogP contribution in [0.3, 0.4) is 0 Å². The average molecular weight is 166 g/mol. The molecule has 0 heterocycles. The van der Waals surface area contributed by atoms with Crippen LogP contribution in [0.15, 0.2) is 18.2 Å². The molecule has 1 rings (SSSR count). The molecule has 0 fully saturated rings. The summed E-state index contributed by atoms with van der Waals surface area (Å²) in [7, 11) is 1.66. The SMILES string of the molecule is COc1ccc(CNN)c(C)c1. The Kier molecular flexibility index (Phi) is 3.08. The van der Waals surface area contributed by atoms with Crippen molar-refractivity contribution >= 4 is 0 Å². The highest BCUT2D eigenvalue weighted by Crippen LogP contribution is 2.16. The molecule has 0 spiro atoms. The second kappa shape index (κ2) is 4.09. The van der Waals surface area contributed by atoms with Gasteiger partial charge in [-0.1, -0.05) is 6.07 Å². The number of hydrazine groups is 1. The lowest BCUT2D eigenvalue weighted by Gasteiger charge is -2.06. The zero-order valence-electron chi connectivity index (χ0n) is 7.42. The van der Waals surface area contributed by atoms with Crippen molar-refractivity contribution in [2.24, 2.45) is 5.84 Å². The van der Waals surface area contributed by atoms with Crippen molar-refractivity contribution in [3.05, 3.63) is 29.3 Å². The van der Waals surface area contributed by atoms with Crippen LogP contribution in [0.25, 0.3) is 0 Å². The van der Waals surface area contributed by atoms with Crippen LogP contribution in [0.4, 0.5) is 0 Å². The molecule has 3 N–H and O–H groups in total. The van der Waals surface area contributed by atoms with E-state index in [-0.39, 0.29) is 0 Å². The summed E-state index contributed by atoms with van der Waals surface area (Å²) >= 11 is 0. The summed E-state index contributed by atoms with van der Waals surface area (Å²) in [5.41, 5.74) is 5.00. The van der Waals surface area contributed by atoms with E-state index >= 15 is 0 Å². The molecular formula is C9H14N2O. The van der Waals surface area contributed by atoms with Gasteiger partial charge in [0.25, 0.3) is 0 Å². The number of hydrogen-bond donors (Lipinski definition) is 2. The molecule has 0 aromatic heterocycles. The molecule has 0 bridgehead atoms. The third kappa shape index (κ3) is 1.96. The molecule has 1 aromatic carbocycles. The molecule has 0 aliphatic rings. The van der Waals surface area contributed by atoms with E-state index in [1.807, 2.05) is 25.1 Å². The summed E-state index contributed by atoms with van der Waals surface area (Å²) in [6.07, 6.45) is 0. The molecule has 3 nitrogen and oxygen atoms in total. The molecule has 3 heteroatoms. The van der Waals surface area contributed by atoms with Gasteiger partial charge in [-0.05, 0) is 30.2 Å². The molecule has 0 aliphatic carbocycles. The number of nitrogens with two attached hydrogens (primary N) is 1. The third-order valence-electron chi connectivity index (χ3n) is 1.84. The van der Waals surface area contributed by atoms with Crippen molar-refractivity contribution < 1.29 is 4.74 Å². The highest BCUT2D eigenvalue weighted by molar-refractivity contribution is 5.34. The highest BCUT2D eigenvalue weighted by atomic mass is 16.5. The van der Waals surface area contributed by atoms with Crippen LogP contribution in [0.5, 0.6) is 5.75 Å². The minimum absolute atomic E-state index is 0.690. The Hall–Kier alpha value is -1.06. The van der Waals surface area contributed by atoms with Gasteiger partial charge in [0.2, 0.25) is 0 Å². The first-order valence-electron chi connectivity index (χ1n) is 3.85. The van der Waals surface area contributed by atoms with E-state index in [1.165, 1.54) is 11.1 Å². The fourth-order valence-corrected chi connectivity index (χ4v) is 1.10. The van der Waals surface area contributed by atoms with Crippen molar-refractivity contribution in [1.29, 1.82) is 0 Å². The maximum Gasteiger partial charge on any atom is 0.119 e. The summed E-state index contributed by atoms with van der Waals surface area (Å²) < 4.78 is 5.08. The van der Waals surface area contributed by atoms with Crippen LogP contribution in [0.2, 0.25) is 0 Å². The van der Waals surface area contributed by atoms with E-state index < -0.39 is 0 Å². The van der Waals surface area contributed by atoms with Gasteiger partial charge in [0.15, 0.2) is 0 Å². The van der Waals surface area contributed by atoms with E-state index in [0.717, 1.165) is 5.75 Å². The highest BCUT2D eigenvalue weighted by Gasteiger charge is 1.98. The lowest BCUT2D eigenvalue weighted by atomic mass is 10.1. The zero-order chi connectivity index (χ0) is 8.97. The normalized spacial score (nSPS) is 9.92. The van der Waals surface area contributed by atoms with Gasteiger partial charge in [-0.15, -0.1) is 0 Å². The fraction of sp³-hybridized carbons (Fsp3) is 0.333. The molecule has 12 heavy (non-hydrogen) atoms. The average Bonchev–Trinajstić information content (AvgIpc) is 2.09. The molecular weight excluding hydrogens is 152 g/mol. The first-order valence-corrected chi connectivity index (χ1v) is 3.85. The minimum Gasteiger partial charge on any atom is -0.497 e. The Balaban J connectivity index is 2.87. The summed E-state index contributed by atoms with van der Waals surface area (Å²) in [5, 5.41) is 0. The molecule has 1 aromatic rings. The smallest absolute Gasteiger partial charge is 0.119 e. The van der Waals surface area contributed by atoms with Gasteiger partial charge in [-0.2, -0.15) is 0 Å². The Morgan fingerprint density at radius 1 is 1.50 bits per heavy atom. The standard InChI is InChI=1S/C9H14N2O/c1-7-5-9(12-2)4-3-8(7)6-11-10/h3-5,11H,6,10H2,1-2H3. The Morgan fingerprint density at radius 2 is 2.25 bits per heavy atom. The van der Waals surface area contributed by atoms with Crippen LogP contribution < -0.4 is 16.0 Å². The summed E-state index contributed by atoms with van der Waals surface area (Å²) in [5.74, 6) is 6.10. The van der Waals surface area contributed by atoms with E-state index in [0.29, 0.717) is 6.54 Å². The van der Waals surface area contributed by atoms with E-state index in [9.17, 15) is 0 Å². The van der Waals surface area contributed by atoms with Crippen LogP contribution in [-0.2, 0) is 6.54 Å². The fourth-order valence-electron chi connectivity index (χ4n) is 1.10. The summed E-state index contributed by atoms with van der Waals surface area (Å²) in [4.78, 5) is 0. The Labute approximate surface area is 72.5 Å². The second-order valence-corrected chi connectivity index (χ2v) is 2.67. The molecule has 0 saturated heterocycles. The van der Waals surface area contributed by atoms with Crippen LogP contribution >= 0.6 is 0 Å². The maximum atomic E-state index is 5.22. The zero-order valence-corrected chi connectivity index (χ0v) is 7.42. The number of aryl methyl sites for hydroxylation is 1. The maximum absolute atomic E-state index is 5.22. The molecule has 0 amide bonds. The molecule has 0 unspecified atom stereocenters. The van der Waals surface area contributed by atoms with Crippen LogP contribution in [0.1, 0.15) is 11.1 Å². The largest absolute Gasteiger partial charge is 0.497 e. The molecule has 0 atom stereocenters. The molecule has 0 radical (unpaired) electrons. The van der Waals surface area contributed by atoms with Crippen molar-refractivity contribution in [1.82, 2.24) is 5.43 Å². The van der Waals surface area contributed by atoms with Gasteiger partial charge in [-0.25, -0.2) is 0 Å². The predicted molar refractivity (Wildman–Crippen MR) is 48.8 cm³/mol. The van der Waals surface area contributed by atoms with E-state index in [1.54, 1.807) is 7.11 Å². The van der Waals surface area contributed by atoms with Crippen LogP contribution in [0, 0.1) is 6.92 Å². The van der Waals surface area contributed by atoms with Crippen molar-refractivity contribution in [2.75, 3.05) is 7.11 Å². The molecule has 66 valence electrons.